The fraction of sp³-hybridized carbons (Fsp3) is 0.216. The molecular formula is C37H36N2O8S. The van der Waals surface area contributed by atoms with Crippen LogP contribution in [0.3, 0.4) is 0 Å². The predicted octanol–water partition coefficient (Wildman–Crippen LogP) is 5.95. The summed E-state index contributed by atoms with van der Waals surface area (Å²) in [6.07, 6.45) is 1.71. The minimum atomic E-state index is -3.51. The predicted molar refractivity (Wildman–Crippen MR) is 182 cm³/mol. The normalized spacial score (nSPS) is 13.1. The van der Waals surface area contributed by atoms with Crippen molar-refractivity contribution in [1.29, 1.82) is 0 Å². The van der Waals surface area contributed by atoms with Gasteiger partial charge in [0.25, 0.3) is 15.9 Å². The molecule has 0 aliphatic carbocycles. The van der Waals surface area contributed by atoms with Crippen LogP contribution in [0.2, 0.25) is 0 Å². The largest absolute Gasteiger partial charge is 0.478 e. The molecule has 1 aromatic heterocycles. The zero-order valence-electron chi connectivity index (χ0n) is 26.8. The number of hydrogen-bond acceptors (Lipinski definition) is 6. The average Bonchev–Trinajstić information content (AvgIpc) is 3.52. The highest BCUT2D eigenvalue weighted by Crippen LogP contribution is 2.28. The summed E-state index contributed by atoms with van der Waals surface area (Å²) in [7, 11) is -3.51. The number of aromatic carboxylic acids is 2. The zero-order chi connectivity index (χ0) is 34.6. The van der Waals surface area contributed by atoms with Gasteiger partial charge in [-0.15, -0.1) is 0 Å². The van der Waals surface area contributed by atoms with E-state index in [1.54, 1.807) is 66.6 Å². The SMILES string of the molecule is Cc1ccc(C(=O)N2CCOCC2)c(C)c1Cc1c(C(=O)O)ccc(C)c1C(=O)O.O=S(=O)(c1ccccc1)n1ccc2ccccc21. The first-order chi connectivity index (χ1) is 22.9. The fourth-order valence-electron chi connectivity index (χ4n) is 5.93. The highest BCUT2D eigenvalue weighted by atomic mass is 32.2. The summed E-state index contributed by atoms with van der Waals surface area (Å²) in [4.78, 5) is 38.7. The lowest BCUT2D eigenvalue weighted by atomic mass is 9.87. The van der Waals surface area contributed by atoms with E-state index in [1.807, 2.05) is 38.1 Å². The number of hydrogen-bond donors (Lipinski definition) is 2. The molecule has 10 nitrogen and oxygen atoms in total. The van der Waals surface area contributed by atoms with Crippen LogP contribution >= 0.6 is 0 Å². The minimum absolute atomic E-state index is 0.00129. The van der Waals surface area contributed by atoms with Gasteiger partial charge in [0.2, 0.25) is 0 Å². The van der Waals surface area contributed by atoms with Crippen molar-refractivity contribution < 1.29 is 37.8 Å². The Hall–Kier alpha value is -5.26. The molecule has 2 heterocycles. The lowest BCUT2D eigenvalue weighted by Crippen LogP contribution is -2.41. The Kier molecular flexibility index (Phi) is 10.1. The second-order valence-corrected chi connectivity index (χ2v) is 13.3. The van der Waals surface area contributed by atoms with Gasteiger partial charge in [-0.1, -0.05) is 48.5 Å². The number of carboxylic acid groups (broad SMARTS) is 2. The maximum Gasteiger partial charge on any atom is 0.336 e. The average molecular weight is 669 g/mol. The number of rotatable bonds is 7. The summed E-state index contributed by atoms with van der Waals surface area (Å²) in [6.45, 7) is 7.39. The molecule has 5 aromatic rings. The summed E-state index contributed by atoms with van der Waals surface area (Å²) in [6, 6.07) is 24.2. The monoisotopic (exact) mass is 668 g/mol. The molecule has 1 fully saturated rings. The van der Waals surface area contributed by atoms with Crippen molar-refractivity contribution in [2.75, 3.05) is 26.3 Å². The highest BCUT2D eigenvalue weighted by Gasteiger charge is 2.25. The minimum Gasteiger partial charge on any atom is -0.478 e. The molecule has 1 aliphatic rings. The summed E-state index contributed by atoms with van der Waals surface area (Å²) in [5, 5.41) is 20.3. The zero-order valence-corrected chi connectivity index (χ0v) is 27.7. The number of fused-ring (bicyclic) bond motifs is 1. The summed E-state index contributed by atoms with van der Waals surface area (Å²) in [5.74, 6) is -2.44. The number of para-hydroxylation sites is 1. The summed E-state index contributed by atoms with van der Waals surface area (Å²) < 4.78 is 31.6. The number of ether oxygens (including phenoxy) is 1. The van der Waals surface area contributed by atoms with E-state index in [2.05, 4.69) is 0 Å². The van der Waals surface area contributed by atoms with E-state index in [9.17, 15) is 33.0 Å². The maximum atomic E-state index is 13.0. The van der Waals surface area contributed by atoms with Gasteiger partial charge >= 0.3 is 11.9 Å². The Bertz CT molecular complexity index is 2110. The number of carbonyl (C=O) groups excluding carboxylic acids is 1. The summed E-state index contributed by atoms with van der Waals surface area (Å²) in [5.41, 5.74) is 4.32. The number of benzene rings is 4. The number of amides is 1. The van der Waals surface area contributed by atoms with Gasteiger partial charge in [0.05, 0.1) is 34.8 Å². The maximum absolute atomic E-state index is 13.0. The first-order valence-corrected chi connectivity index (χ1v) is 16.8. The van der Waals surface area contributed by atoms with Gasteiger partial charge in [0.1, 0.15) is 0 Å². The smallest absolute Gasteiger partial charge is 0.336 e. The van der Waals surface area contributed by atoms with Gasteiger partial charge in [-0.25, -0.2) is 22.0 Å². The van der Waals surface area contributed by atoms with Gasteiger partial charge in [-0.2, -0.15) is 0 Å². The van der Waals surface area contributed by atoms with Crippen molar-refractivity contribution >= 4 is 38.8 Å². The van der Waals surface area contributed by atoms with E-state index in [-0.39, 0.29) is 29.0 Å². The lowest BCUT2D eigenvalue weighted by molar-refractivity contribution is 0.0302. The third-order valence-electron chi connectivity index (χ3n) is 8.54. The first kappa shape index (κ1) is 34.1. The number of aryl methyl sites for hydroxylation is 2. The summed E-state index contributed by atoms with van der Waals surface area (Å²) >= 11 is 0. The van der Waals surface area contributed by atoms with Crippen molar-refractivity contribution in [3.8, 4) is 0 Å². The van der Waals surface area contributed by atoms with Crippen LogP contribution in [0.4, 0.5) is 0 Å². The number of carbonyl (C=O) groups is 3. The Morgan fingerprint density at radius 1 is 0.729 bits per heavy atom. The van der Waals surface area contributed by atoms with Crippen LogP contribution in [0.25, 0.3) is 10.9 Å². The number of morpholine rings is 1. The molecular weight excluding hydrogens is 632 g/mol. The van der Waals surface area contributed by atoms with E-state index in [0.29, 0.717) is 47.8 Å². The molecule has 1 aliphatic heterocycles. The van der Waals surface area contributed by atoms with Crippen LogP contribution < -0.4 is 0 Å². The van der Waals surface area contributed by atoms with Crippen LogP contribution in [0.5, 0.6) is 0 Å². The van der Waals surface area contributed by atoms with Crippen LogP contribution in [-0.4, -0.2) is 71.7 Å². The van der Waals surface area contributed by atoms with Gasteiger partial charge in [0, 0.05) is 30.2 Å². The Morgan fingerprint density at radius 3 is 2.02 bits per heavy atom. The first-order valence-electron chi connectivity index (χ1n) is 15.3. The molecule has 2 N–H and O–H groups in total. The van der Waals surface area contributed by atoms with Crippen LogP contribution in [0.15, 0.2) is 96.0 Å². The highest BCUT2D eigenvalue weighted by molar-refractivity contribution is 7.90. The Morgan fingerprint density at radius 2 is 1.35 bits per heavy atom. The molecule has 0 radical (unpaired) electrons. The molecule has 248 valence electrons. The molecule has 0 bridgehead atoms. The van der Waals surface area contributed by atoms with Gasteiger partial charge < -0.3 is 19.8 Å². The lowest BCUT2D eigenvalue weighted by Gasteiger charge is -2.28. The van der Waals surface area contributed by atoms with Crippen LogP contribution in [-0.2, 0) is 21.2 Å². The topological polar surface area (TPSA) is 143 Å². The van der Waals surface area contributed by atoms with Crippen molar-refractivity contribution in [3.05, 3.63) is 136 Å². The van der Waals surface area contributed by atoms with Crippen LogP contribution in [0, 0.1) is 20.8 Å². The molecule has 0 saturated carbocycles. The molecule has 48 heavy (non-hydrogen) atoms. The molecule has 0 unspecified atom stereocenters. The van der Waals surface area contributed by atoms with Crippen molar-refractivity contribution in [3.63, 3.8) is 0 Å². The van der Waals surface area contributed by atoms with Gasteiger partial charge in [-0.05, 0) is 91.4 Å². The molecule has 0 spiro atoms. The van der Waals surface area contributed by atoms with Crippen molar-refractivity contribution in [1.82, 2.24) is 8.87 Å². The fourth-order valence-corrected chi connectivity index (χ4v) is 7.30. The van der Waals surface area contributed by atoms with Gasteiger partial charge in [-0.3, -0.25) is 4.79 Å². The molecule has 1 amide bonds. The molecule has 0 atom stereocenters. The van der Waals surface area contributed by atoms with E-state index in [1.165, 1.54) is 16.1 Å². The van der Waals surface area contributed by atoms with Gasteiger partial charge in [0.15, 0.2) is 0 Å². The van der Waals surface area contributed by atoms with Crippen LogP contribution in [0.1, 0.15) is 58.9 Å². The third-order valence-corrected chi connectivity index (χ3v) is 10.2. The number of nitrogens with zero attached hydrogens (tertiary/aromatic N) is 2. The molecule has 1 saturated heterocycles. The Balaban J connectivity index is 0.000000212. The van der Waals surface area contributed by atoms with E-state index in [0.717, 1.165) is 22.1 Å². The van der Waals surface area contributed by atoms with E-state index >= 15 is 0 Å². The third kappa shape index (κ3) is 6.87. The molecule has 6 rings (SSSR count). The van der Waals surface area contributed by atoms with Crippen molar-refractivity contribution in [2.45, 2.75) is 32.1 Å². The van der Waals surface area contributed by atoms with E-state index < -0.39 is 22.0 Å². The molecule has 4 aromatic carbocycles. The Labute approximate surface area is 278 Å². The number of aromatic nitrogens is 1. The van der Waals surface area contributed by atoms with E-state index in [4.69, 9.17) is 4.74 Å². The second kappa shape index (κ2) is 14.2. The number of carboxylic acids is 2. The second-order valence-electron chi connectivity index (χ2n) is 11.5. The van der Waals surface area contributed by atoms with Crippen molar-refractivity contribution in [2.24, 2.45) is 0 Å². The molecule has 11 heteroatoms. The standard InChI is InChI=1S/C23H25NO6.C14H11NO2S/c1-13-4-6-16(21(25)24-8-10-30-11-9-24)15(3)18(13)12-19-17(22(26)27)7-5-14(2)20(19)23(28)29;16-18(17,13-7-2-1-3-8-13)15-11-10-12-6-4-5-9-14(12)15/h4-7H,8-12H2,1-3H3,(H,26,27)(H,28,29);1-11H. The quantitative estimate of drug-likeness (QED) is 0.217.